The first-order chi connectivity index (χ1) is 13.6. The number of piperidine rings is 2. The second-order valence-electron chi connectivity index (χ2n) is 8.46. The van der Waals surface area contributed by atoms with Crippen molar-refractivity contribution in [3.05, 3.63) is 65.2 Å². The maximum absolute atomic E-state index is 5.62. The second kappa shape index (κ2) is 8.62. The van der Waals surface area contributed by atoms with Crippen molar-refractivity contribution in [3.63, 3.8) is 0 Å². The Hall–Kier alpha value is -1.91. The quantitative estimate of drug-likeness (QED) is 0.700. The first-order valence-electron chi connectivity index (χ1n) is 10.5. The van der Waals surface area contributed by atoms with Gasteiger partial charge in [0.05, 0.1) is 0 Å². The van der Waals surface area contributed by atoms with E-state index in [0.29, 0.717) is 18.1 Å². The van der Waals surface area contributed by atoms with Crippen molar-refractivity contribution in [2.75, 3.05) is 5.32 Å². The van der Waals surface area contributed by atoms with Gasteiger partial charge in [-0.1, -0.05) is 42.8 Å². The summed E-state index contributed by atoms with van der Waals surface area (Å²) in [7, 11) is 0. The Labute approximate surface area is 174 Å². The number of hydrogen-bond donors (Lipinski definition) is 2. The molecule has 4 rings (SSSR count). The zero-order valence-corrected chi connectivity index (χ0v) is 17.8. The summed E-state index contributed by atoms with van der Waals surface area (Å²) in [6.07, 6.45) is 6.33. The van der Waals surface area contributed by atoms with Crippen LogP contribution in [0, 0.1) is 13.8 Å². The van der Waals surface area contributed by atoms with E-state index in [2.05, 4.69) is 77.9 Å². The van der Waals surface area contributed by atoms with Gasteiger partial charge in [-0.3, -0.25) is 4.90 Å². The molecule has 2 heterocycles. The lowest BCUT2D eigenvalue weighted by atomic mass is 9.81. The Morgan fingerprint density at radius 3 is 2.39 bits per heavy atom. The summed E-state index contributed by atoms with van der Waals surface area (Å²) in [5, 5.41) is 7.74. The third-order valence-corrected chi connectivity index (χ3v) is 6.65. The van der Waals surface area contributed by atoms with E-state index in [-0.39, 0.29) is 0 Å². The van der Waals surface area contributed by atoms with Crippen LogP contribution < -0.4 is 10.6 Å². The van der Waals surface area contributed by atoms with Crippen molar-refractivity contribution < 1.29 is 0 Å². The minimum Gasteiger partial charge on any atom is -0.360 e. The number of nitrogens with one attached hydrogen (secondary N) is 2. The zero-order chi connectivity index (χ0) is 19.5. The molecule has 2 aliphatic rings. The number of rotatable bonds is 4. The molecule has 0 spiro atoms. The van der Waals surface area contributed by atoms with Gasteiger partial charge in [-0.05, 0) is 80.6 Å². The topological polar surface area (TPSA) is 27.3 Å². The zero-order valence-electron chi connectivity index (χ0n) is 16.9. The molecule has 0 aromatic heterocycles. The molecular weight excluding hydrogens is 362 g/mol. The molecule has 0 radical (unpaired) electrons. The highest BCUT2D eigenvalue weighted by atomic mass is 32.1. The Morgan fingerprint density at radius 1 is 1.00 bits per heavy atom. The van der Waals surface area contributed by atoms with E-state index in [9.17, 15) is 0 Å². The van der Waals surface area contributed by atoms with Crippen LogP contribution in [0.15, 0.2) is 48.5 Å². The predicted molar refractivity (Wildman–Crippen MR) is 122 cm³/mol. The molecule has 2 saturated heterocycles. The van der Waals surface area contributed by atoms with Gasteiger partial charge in [0.25, 0.3) is 0 Å². The Morgan fingerprint density at radius 2 is 1.71 bits per heavy atom. The summed E-state index contributed by atoms with van der Waals surface area (Å²) in [4.78, 5) is 2.75. The lowest BCUT2D eigenvalue weighted by molar-refractivity contribution is 0.0212. The van der Waals surface area contributed by atoms with Crippen LogP contribution in [0.1, 0.15) is 48.8 Å². The standard InChI is InChI=1S/C24H31N3S/c1-17-11-12-20(13-18(17)2)25-24(28)26-21-14-22-9-6-10-23(15-21)27(22)16-19-7-4-3-5-8-19/h3-5,7-8,11-13,21-23H,6,9-10,14-16H2,1-2H3,(H2,25,26,28). The maximum Gasteiger partial charge on any atom is 0.170 e. The molecule has 2 N–H and O–H groups in total. The van der Waals surface area contributed by atoms with Gasteiger partial charge in [-0.2, -0.15) is 0 Å². The largest absolute Gasteiger partial charge is 0.360 e. The third-order valence-electron chi connectivity index (χ3n) is 6.43. The van der Waals surface area contributed by atoms with Crippen LogP contribution in [0.5, 0.6) is 0 Å². The van der Waals surface area contributed by atoms with E-state index in [1.54, 1.807) is 0 Å². The highest BCUT2D eigenvalue weighted by Gasteiger charge is 2.38. The highest BCUT2D eigenvalue weighted by molar-refractivity contribution is 7.80. The van der Waals surface area contributed by atoms with Crippen LogP contribution in [0.25, 0.3) is 0 Å². The van der Waals surface area contributed by atoms with Gasteiger partial charge in [-0.15, -0.1) is 0 Å². The van der Waals surface area contributed by atoms with E-state index in [1.807, 2.05) is 0 Å². The van der Waals surface area contributed by atoms with Crippen molar-refractivity contribution in [1.82, 2.24) is 10.2 Å². The number of thiocarbonyl (C=S) groups is 1. The average molecular weight is 394 g/mol. The molecule has 28 heavy (non-hydrogen) atoms. The van der Waals surface area contributed by atoms with Gasteiger partial charge >= 0.3 is 0 Å². The maximum atomic E-state index is 5.62. The van der Waals surface area contributed by atoms with Gasteiger partial charge in [0.1, 0.15) is 0 Å². The van der Waals surface area contributed by atoms with Gasteiger partial charge in [0.15, 0.2) is 5.11 Å². The molecule has 2 unspecified atom stereocenters. The molecule has 2 aliphatic heterocycles. The van der Waals surface area contributed by atoms with Crippen LogP contribution in [0.3, 0.4) is 0 Å². The van der Waals surface area contributed by atoms with Gasteiger partial charge < -0.3 is 10.6 Å². The average Bonchev–Trinajstić information content (AvgIpc) is 2.66. The summed E-state index contributed by atoms with van der Waals surface area (Å²) in [5.74, 6) is 0. The van der Waals surface area contributed by atoms with Crippen LogP contribution in [0.4, 0.5) is 5.69 Å². The first kappa shape index (κ1) is 19.4. The van der Waals surface area contributed by atoms with Crippen molar-refractivity contribution >= 4 is 23.0 Å². The SMILES string of the molecule is Cc1ccc(NC(=S)NC2CC3CCCC(C2)N3Cc2ccccc2)cc1C. The molecule has 2 aromatic rings. The number of hydrogen-bond acceptors (Lipinski definition) is 2. The summed E-state index contributed by atoms with van der Waals surface area (Å²) >= 11 is 5.62. The molecule has 2 fully saturated rings. The van der Waals surface area contributed by atoms with E-state index < -0.39 is 0 Å². The molecule has 2 atom stereocenters. The van der Waals surface area contributed by atoms with Crippen LogP contribution >= 0.6 is 12.2 Å². The van der Waals surface area contributed by atoms with Crippen LogP contribution in [-0.4, -0.2) is 28.1 Å². The van der Waals surface area contributed by atoms with E-state index in [4.69, 9.17) is 12.2 Å². The Kier molecular flexibility index (Phi) is 5.98. The monoisotopic (exact) mass is 393 g/mol. The fraction of sp³-hybridized carbons (Fsp3) is 0.458. The number of nitrogens with zero attached hydrogens (tertiary/aromatic N) is 1. The second-order valence-corrected chi connectivity index (χ2v) is 8.87. The van der Waals surface area contributed by atoms with Crippen molar-refractivity contribution in [3.8, 4) is 0 Å². The summed E-state index contributed by atoms with van der Waals surface area (Å²) in [6.45, 7) is 5.35. The normalized spacial score (nSPS) is 24.6. The van der Waals surface area contributed by atoms with E-state index in [1.165, 1.54) is 48.8 Å². The number of fused-ring (bicyclic) bond motifs is 2. The van der Waals surface area contributed by atoms with Crippen molar-refractivity contribution in [1.29, 1.82) is 0 Å². The number of aryl methyl sites for hydroxylation is 2. The minimum absolute atomic E-state index is 0.467. The molecule has 2 bridgehead atoms. The van der Waals surface area contributed by atoms with Crippen molar-refractivity contribution in [2.24, 2.45) is 0 Å². The van der Waals surface area contributed by atoms with Gasteiger partial charge in [0.2, 0.25) is 0 Å². The minimum atomic E-state index is 0.467. The van der Waals surface area contributed by atoms with E-state index >= 15 is 0 Å². The molecule has 4 heteroatoms. The Bertz CT molecular complexity index is 806. The van der Waals surface area contributed by atoms with Gasteiger partial charge in [-0.25, -0.2) is 0 Å². The highest BCUT2D eigenvalue weighted by Crippen LogP contribution is 2.35. The van der Waals surface area contributed by atoms with Crippen LogP contribution in [0.2, 0.25) is 0 Å². The summed E-state index contributed by atoms with van der Waals surface area (Å²) in [6, 6.07) is 19.1. The molecule has 0 saturated carbocycles. The number of benzene rings is 2. The first-order valence-corrected chi connectivity index (χ1v) is 10.9. The molecule has 0 amide bonds. The smallest absolute Gasteiger partial charge is 0.170 e. The van der Waals surface area contributed by atoms with E-state index in [0.717, 1.165) is 17.3 Å². The lowest BCUT2D eigenvalue weighted by Gasteiger charge is -2.49. The molecule has 2 aromatic carbocycles. The number of anilines is 1. The lowest BCUT2D eigenvalue weighted by Crippen LogP contribution is -2.56. The summed E-state index contributed by atoms with van der Waals surface area (Å²) < 4.78 is 0. The predicted octanol–water partition coefficient (Wildman–Crippen LogP) is 5.18. The molecule has 3 nitrogen and oxygen atoms in total. The Balaban J connectivity index is 1.36. The fourth-order valence-corrected chi connectivity index (χ4v) is 5.11. The molecule has 0 aliphatic carbocycles. The third kappa shape index (κ3) is 4.56. The molecular formula is C24H31N3S. The van der Waals surface area contributed by atoms with Crippen molar-refractivity contribution in [2.45, 2.75) is 70.6 Å². The van der Waals surface area contributed by atoms with Crippen LogP contribution in [-0.2, 0) is 6.54 Å². The summed E-state index contributed by atoms with van der Waals surface area (Å²) in [5.41, 5.74) is 5.10. The molecule has 148 valence electrons. The van der Waals surface area contributed by atoms with Gasteiger partial charge in [0, 0.05) is 30.4 Å². The fourth-order valence-electron chi connectivity index (χ4n) is 4.82.